The van der Waals surface area contributed by atoms with Crippen molar-refractivity contribution in [2.24, 2.45) is 0 Å². The van der Waals surface area contributed by atoms with Crippen LogP contribution in [0.25, 0.3) is 0 Å². The van der Waals surface area contributed by atoms with Gasteiger partial charge in [0, 0.05) is 0 Å². The van der Waals surface area contributed by atoms with E-state index in [-0.39, 0.29) is 5.82 Å². The van der Waals surface area contributed by atoms with Gasteiger partial charge in [-0.05, 0) is 18.1 Å². The number of hydrogen-bond acceptors (Lipinski definition) is 5. The molecular formula is C14H16N2O3. The fourth-order valence-corrected chi connectivity index (χ4v) is 1.79. The molecule has 0 spiro atoms. The van der Waals surface area contributed by atoms with Gasteiger partial charge in [-0.1, -0.05) is 24.3 Å². The largest absolute Gasteiger partial charge is 0.481 e. The number of methoxy groups -OCH3 is 2. The highest BCUT2D eigenvalue weighted by Crippen LogP contribution is 2.25. The molecule has 1 heterocycles. The molecule has 5 heteroatoms. The van der Waals surface area contributed by atoms with Crippen molar-refractivity contribution in [2.75, 3.05) is 14.2 Å². The van der Waals surface area contributed by atoms with Gasteiger partial charge in [0.05, 0.1) is 20.3 Å². The summed E-state index contributed by atoms with van der Waals surface area (Å²) in [6, 6.07) is 9.11. The summed E-state index contributed by atoms with van der Waals surface area (Å²) < 4.78 is 10.1. The maximum absolute atomic E-state index is 10.4. The number of ether oxygens (including phenoxy) is 2. The molecule has 0 radical (unpaired) electrons. The van der Waals surface area contributed by atoms with Crippen molar-refractivity contribution >= 4 is 0 Å². The predicted octanol–water partition coefficient (Wildman–Crippen LogP) is 1.88. The Morgan fingerprint density at radius 1 is 1.05 bits per heavy atom. The minimum absolute atomic E-state index is 0.255. The molecule has 1 aromatic carbocycles. The summed E-state index contributed by atoms with van der Waals surface area (Å²) in [4.78, 5) is 8.31. The number of benzene rings is 1. The van der Waals surface area contributed by atoms with Gasteiger partial charge in [-0.15, -0.1) is 0 Å². The highest BCUT2D eigenvalue weighted by atomic mass is 16.5. The molecule has 0 fully saturated rings. The van der Waals surface area contributed by atoms with Crippen LogP contribution in [0, 0.1) is 6.92 Å². The topological polar surface area (TPSA) is 64.5 Å². The Morgan fingerprint density at radius 3 is 2.16 bits per heavy atom. The highest BCUT2D eigenvalue weighted by Gasteiger charge is 2.17. The minimum atomic E-state index is -0.912. The standard InChI is InChI=1S/C14H16N2O3/c1-9-6-4-5-7-10(9)13(17)14-15-11(18-2)8-12(16-14)19-3/h4-8,13,17H,1-3H3. The lowest BCUT2D eigenvalue weighted by atomic mass is 10.0. The predicted molar refractivity (Wildman–Crippen MR) is 70.4 cm³/mol. The Bertz CT molecular complexity index is 550. The van der Waals surface area contributed by atoms with E-state index in [4.69, 9.17) is 9.47 Å². The van der Waals surface area contributed by atoms with Gasteiger partial charge in [0.25, 0.3) is 0 Å². The normalized spacial score (nSPS) is 12.0. The van der Waals surface area contributed by atoms with E-state index >= 15 is 0 Å². The molecule has 0 aliphatic carbocycles. The summed E-state index contributed by atoms with van der Waals surface area (Å²) in [5.74, 6) is 0.967. The maximum atomic E-state index is 10.4. The number of nitrogens with zero attached hydrogens (tertiary/aromatic N) is 2. The van der Waals surface area contributed by atoms with Crippen LogP contribution in [0.15, 0.2) is 30.3 Å². The van der Waals surface area contributed by atoms with Crippen LogP contribution in [-0.4, -0.2) is 29.3 Å². The summed E-state index contributed by atoms with van der Waals surface area (Å²) in [6.07, 6.45) is -0.912. The van der Waals surface area contributed by atoms with Gasteiger partial charge in [0.1, 0.15) is 6.10 Å². The molecular weight excluding hydrogens is 244 g/mol. The molecule has 0 aliphatic rings. The van der Waals surface area contributed by atoms with E-state index in [0.717, 1.165) is 11.1 Å². The molecule has 0 amide bonds. The van der Waals surface area contributed by atoms with Crippen LogP contribution in [0.2, 0.25) is 0 Å². The van der Waals surface area contributed by atoms with E-state index in [0.29, 0.717) is 11.8 Å². The Morgan fingerprint density at radius 2 is 1.63 bits per heavy atom. The third-order valence-corrected chi connectivity index (χ3v) is 2.84. The second-order valence-electron chi connectivity index (χ2n) is 4.07. The Labute approximate surface area is 111 Å². The number of aryl methyl sites for hydroxylation is 1. The third kappa shape index (κ3) is 2.82. The van der Waals surface area contributed by atoms with Gasteiger partial charge in [-0.2, -0.15) is 9.97 Å². The number of aliphatic hydroxyl groups excluding tert-OH is 1. The van der Waals surface area contributed by atoms with Gasteiger partial charge in [0.2, 0.25) is 11.8 Å². The second kappa shape index (κ2) is 5.67. The van der Waals surface area contributed by atoms with Gasteiger partial charge in [-0.25, -0.2) is 0 Å². The summed E-state index contributed by atoms with van der Waals surface area (Å²) >= 11 is 0. The van der Waals surface area contributed by atoms with E-state index < -0.39 is 6.10 Å². The van der Waals surface area contributed by atoms with Crippen LogP contribution in [0.5, 0.6) is 11.8 Å². The van der Waals surface area contributed by atoms with Crippen LogP contribution in [-0.2, 0) is 0 Å². The molecule has 5 nitrogen and oxygen atoms in total. The molecule has 100 valence electrons. The average Bonchev–Trinajstić information content (AvgIpc) is 2.46. The van der Waals surface area contributed by atoms with Crippen LogP contribution in [0.3, 0.4) is 0 Å². The Kier molecular flexibility index (Phi) is 3.97. The number of rotatable bonds is 4. The lowest BCUT2D eigenvalue weighted by molar-refractivity contribution is 0.205. The molecule has 2 rings (SSSR count). The minimum Gasteiger partial charge on any atom is -0.481 e. The monoisotopic (exact) mass is 260 g/mol. The number of aromatic nitrogens is 2. The Balaban J connectivity index is 2.43. The SMILES string of the molecule is COc1cc(OC)nc(C(O)c2ccccc2C)n1. The first kappa shape index (κ1) is 13.3. The van der Waals surface area contributed by atoms with Gasteiger partial charge < -0.3 is 14.6 Å². The smallest absolute Gasteiger partial charge is 0.220 e. The van der Waals surface area contributed by atoms with Crippen molar-refractivity contribution < 1.29 is 14.6 Å². The van der Waals surface area contributed by atoms with E-state index in [2.05, 4.69) is 9.97 Å². The third-order valence-electron chi connectivity index (χ3n) is 2.84. The zero-order valence-corrected chi connectivity index (χ0v) is 11.1. The van der Waals surface area contributed by atoms with E-state index in [1.165, 1.54) is 14.2 Å². The first-order valence-corrected chi connectivity index (χ1v) is 5.86. The second-order valence-corrected chi connectivity index (χ2v) is 4.07. The van der Waals surface area contributed by atoms with Gasteiger partial charge in [0.15, 0.2) is 5.82 Å². The molecule has 0 aliphatic heterocycles. The lowest BCUT2D eigenvalue weighted by Gasteiger charge is -2.14. The summed E-state index contributed by atoms with van der Waals surface area (Å²) in [7, 11) is 3.01. The zero-order chi connectivity index (χ0) is 13.8. The lowest BCUT2D eigenvalue weighted by Crippen LogP contribution is -2.08. The fraction of sp³-hybridized carbons (Fsp3) is 0.286. The van der Waals surface area contributed by atoms with E-state index in [1.807, 2.05) is 31.2 Å². The van der Waals surface area contributed by atoms with Crippen molar-refractivity contribution in [2.45, 2.75) is 13.0 Å². The summed E-state index contributed by atoms with van der Waals surface area (Å²) in [6.45, 7) is 1.93. The first-order chi connectivity index (χ1) is 9.15. The van der Waals surface area contributed by atoms with Crippen molar-refractivity contribution in [1.82, 2.24) is 9.97 Å². The van der Waals surface area contributed by atoms with Gasteiger partial charge >= 0.3 is 0 Å². The van der Waals surface area contributed by atoms with Crippen LogP contribution in [0.4, 0.5) is 0 Å². The first-order valence-electron chi connectivity index (χ1n) is 5.86. The average molecular weight is 260 g/mol. The zero-order valence-electron chi connectivity index (χ0n) is 11.1. The van der Waals surface area contributed by atoms with E-state index in [9.17, 15) is 5.11 Å². The molecule has 19 heavy (non-hydrogen) atoms. The van der Waals surface area contributed by atoms with E-state index in [1.54, 1.807) is 6.07 Å². The molecule has 1 unspecified atom stereocenters. The highest BCUT2D eigenvalue weighted by molar-refractivity contribution is 5.32. The van der Waals surface area contributed by atoms with Crippen molar-refractivity contribution in [1.29, 1.82) is 0 Å². The number of aliphatic hydroxyl groups is 1. The number of hydrogen-bond donors (Lipinski definition) is 1. The Hall–Kier alpha value is -2.14. The quantitative estimate of drug-likeness (QED) is 0.909. The molecule has 1 N–H and O–H groups in total. The van der Waals surface area contributed by atoms with Crippen LogP contribution >= 0.6 is 0 Å². The maximum Gasteiger partial charge on any atom is 0.220 e. The molecule has 0 saturated carbocycles. The summed E-state index contributed by atoms with van der Waals surface area (Å²) in [5, 5.41) is 10.4. The van der Waals surface area contributed by atoms with Crippen LogP contribution in [0.1, 0.15) is 23.1 Å². The summed E-state index contributed by atoms with van der Waals surface area (Å²) in [5.41, 5.74) is 1.73. The van der Waals surface area contributed by atoms with Crippen molar-refractivity contribution in [3.63, 3.8) is 0 Å². The fourth-order valence-electron chi connectivity index (χ4n) is 1.79. The van der Waals surface area contributed by atoms with Crippen LogP contribution < -0.4 is 9.47 Å². The molecule has 0 saturated heterocycles. The molecule has 1 aromatic heterocycles. The van der Waals surface area contributed by atoms with Gasteiger partial charge in [-0.3, -0.25) is 0 Å². The molecule has 2 aromatic rings. The van der Waals surface area contributed by atoms with Crippen molar-refractivity contribution in [3.05, 3.63) is 47.3 Å². The molecule has 1 atom stereocenters. The molecule has 0 bridgehead atoms. The van der Waals surface area contributed by atoms with Crippen molar-refractivity contribution in [3.8, 4) is 11.8 Å².